The van der Waals surface area contributed by atoms with Crippen LogP contribution in [0.4, 0.5) is 4.39 Å². The Kier molecular flexibility index (Phi) is 4.63. The Bertz CT molecular complexity index is 480. The van der Waals surface area contributed by atoms with Crippen LogP contribution in [0, 0.1) is 0 Å². The van der Waals surface area contributed by atoms with Crippen LogP contribution in [0.15, 0.2) is 0 Å². The molecule has 0 bridgehead atoms. The molecule has 0 radical (unpaired) electrons. The zero-order chi connectivity index (χ0) is 16.5. The Morgan fingerprint density at radius 1 is 1.17 bits per heavy atom. The number of amides is 2. The summed E-state index contributed by atoms with van der Waals surface area (Å²) in [6, 6.07) is 0. The topological polar surface area (TPSA) is 49.9 Å². The number of likely N-dealkylation sites (tertiary alicyclic amines) is 2. The molecule has 3 aliphatic rings. The van der Waals surface area contributed by atoms with Crippen molar-refractivity contribution < 1.29 is 18.7 Å². The van der Waals surface area contributed by atoms with Gasteiger partial charge in [-0.2, -0.15) is 0 Å². The Morgan fingerprint density at radius 2 is 1.96 bits per heavy atom. The maximum Gasteiger partial charge on any atom is 0.260 e. The molecule has 0 aromatic rings. The van der Waals surface area contributed by atoms with Crippen LogP contribution in [0.5, 0.6) is 0 Å². The predicted octanol–water partition coefficient (Wildman–Crippen LogP) is 1.90. The summed E-state index contributed by atoms with van der Waals surface area (Å²) in [5, 5.41) is 0. The SMILES string of the molecule is COCCN1C(=O)CCC12CCCN(C(=O)C1(F)CCC1)CC2. The Labute approximate surface area is 137 Å². The Balaban J connectivity index is 1.67. The minimum absolute atomic E-state index is 0.159. The highest BCUT2D eigenvalue weighted by Gasteiger charge is 2.49. The van der Waals surface area contributed by atoms with E-state index in [2.05, 4.69) is 0 Å². The summed E-state index contributed by atoms with van der Waals surface area (Å²) < 4.78 is 19.6. The largest absolute Gasteiger partial charge is 0.383 e. The van der Waals surface area contributed by atoms with Gasteiger partial charge in [-0.15, -0.1) is 0 Å². The maximum absolute atomic E-state index is 14.4. The average Bonchev–Trinajstić information content (AvgIpc) is 2.69. The third-order valence-electron chi connectivity index (χ3n) is 5.93. The number of carbonyl (C=O) groups is 2. The van der Waals surface area contributed by atoms with Crippen LogP contribution in [0.2, 0.25) is 0 Å². The quantitative estimate of drug-likeness (QED) is 0.793. The van der Waals surface area contributed by atoms with Crippen molar-refractivity contribution in [1.29, 1.82) is 0 Å². The van der Waals surface area contributed by atoms with Gasteiger partial charge in [-0.25, -0.2) is 4.39 Å². The molecule has 2 saturated heterocycles. The van der Waals surface area contributed by atoms with Crippen LogP contribution in [0.3, 0.4) is 0 Å². The second-order valence-corrected chi connectivity index (χ2v) is 7.23. The van der Waals surface area contributed by atoms with Gasteiger partial charge in [-0.1, -0.05) is 0 Å². The molecule has 1 atom stereocenters. The molecule has 6 heteroatoms. The van der Waals surface area contributed by atoms with Crippen LogP contribution in [0.1, 0.15) is 51.4 Å². The van der Waals surface area contributed by atoms with Crippen molar-refractivity contribution in [2.75, 3.05) is 33.4 Å². The highest BCUT2D eigenvalue weighted by molar-refractivity contribution is 5.86. The van der Waals surface area contributed by atoms with Gasteiger partial charge in [-0.05, 0) is 44.9 Å². The second-order valence-electron chi connectivity index (χ2n) is 7.23. The predicted molar refractivity (Wildman–Crippen MR) is 83.7 cm³/mol. The third-order valence-corrected chi connectivity index (χ3v) is 5.93. The number of methoxy groups -OCH3 is 1. The first kappa shape index (κ1) is 16.7. The summed E-state index contributed by atoms with van der Waals surface area (Å²) >= 11 is 0. The van der Waals surface area contributed by atoms with Crippen molar-refractivity contribution >= 4 is 11.8 Å². The number of rotatable bonds is 4. The van der Waals surface area contributed by atoms with E-state index in [9.17, 15) is 14.0 Å². The summed E-state index contributed by atoms with van der Waals surface area (Å²) in [6.45, 7) is 2.31. The number of ether oxygens (including phenoxy) is 1. The molecular formula is C17H27FN2O3. The van der Waals surface area contributed by atoms with Crippen molar-refractivity contribution in [2.24, 2.45) is 0 Å². The molecule has 1 saturated carbocycles. The molecule has 0 aromatic carbocycles. The highest BCUT2D eigenvalue weighted by atomic mass is 19.1. The van der Waals surface area contributed by atoms with Crippen molar-refractivity contribution in [1.82, 2.24) is 9.80 Å². The minimum atomic E-state index is -1.61. The molecule has 23 heavy (non-hydrogen) atoms. The molecule has 0 aromatic heterocycles. The number of nitrogens with zero attached hydrogens (tertiary/aromatic N) is 2. The van der Waals surface area contributed by atoms with Gasteiger partial charge in [0.05, 0.1) is 6.61 Å². The van der Waals surface area contributed by atoms with Gasteiger partial charge >= 0.3 is 0 Å². The first-order valence-electron chi connectivity index (χ1n) is 8.78. The van der Waals surface area contributed by atoms with E-state index < -0.39 is 5.67 Å². The van der Waals surface area contributed by atoms with E-state index >= 15 is 0 Å². The second kappa shape index (κ2) is 6.38. The molecule has 5 nitrogen and oxygen atoms in total. The van der Waals surface area contributed by atoms with E-state index in [-0.39, 0.29) is 17.4 Å². The molecule has 2 heterocycles. The summed E-state index contributed by atoms with van der Waals surface area (Å²) in [5.41, 5.74) is -1.77. The van der Waals surface area contributed by atoms with Crippen molar-refractivity contribution in [3.05, 3.63) is 0 Å². The molecule has 2 aliphatic heterocycles. The fourth-order valence-corrected chi connectivity index (χ4v) is 4.30. The van der Waals surface area contributed by atoms with Gasteiger partial charge in [0.25, 0.3) is 5.91 Å². The summed E-state index contributed by atoms with van der Waals surface area (Å²) in [5.74, 6) is -0.142. The summed E-state index contributed by atoms with van der Waals surface area (Å²) in [4.78, 5) is 28.3. The summed E-state index contributed by atoms with van der Waals surface area (Å²) in [6.07, 6.45) is 5.44. The lowest BCUT2D eigenvalue weighted by Gasteiger charge is -2.39. The maximum atomic E-state index is 14.4. The zero-order valence-corrected chi connectivity index (χ0v) is 14.0. The molecule has 3 rings (SSSR count). The van der Waals surface area contributed by atoms with E-state index in [4.69, 9.17) is 4.74 Å². The van der Waals surface area contributed by atoms with E-state index in [0.717, 1.165) is 32.1 Å². The van der Waals surface area contributed by atoms with Crippen molar-refractivity contribution in [2.45, 2.75) is 62.6 Å². The highest BCUT2D eigenvalue weighted by Crippen LogP contribution is 2.41. The zero-order valence-electron chi connectivity index (χ0n) is 14.0. The Morgan fingerprint density at radius 3 is 2.61 bits per heavy atom. The molecule has 3 fully saturated rings. The van der Waals surface area contributed by atoms with E-state index in [1.54, 1.807) is 12.0 Å². The molecule has 2 amide bonds. The van der Waals surface area contributed by atoms with Crippen molar-refractivity contribution in [3.63, 3.8) is 0 Å². The van der Waals surface area contributed by atoms with Gasteiger partial charge in [0.15, 0.2) is 5.67 Å². The smallest absolute Gasteiger partial charge is 0.260 e. The van der Waals surface area contributed by atoms with Gasteiger partial charge in [0.2, 0.25) is 5.91 Å². The van der Waals surface area contributed by atoms with E-state index in [0.29, 0.717) is 45.5 Å². The fraction of sp³-hybridized carbons (Fsp3) is 0.882. The average molecular weight is 326 g/mol. The molecule has 1 spiro atoms. The molecular weight excluding hydrogens is 299 g/mol. The van der Waals surface area contributed by atoms with E-state index in [1.807, 2.05) is 4.90 Å². The number of hydrogen-bond donors (Lipinski definition) is 0. The van der Waals surface area contributed by atoms with Crippen LogP contribution in [-0.2, 0) is 14.3 Å². The number of alkyl halides is 1. The number of halogens is 1. The molecule has 1 unspecified atom stereocenters. The number of carbonyl (C=O) groups excluding carboxylic acids is 2. The van der Waals surface area contributed by atoms with Crippen molar-refractivity contribution in [3.8, 4) is 0 Å². The summed E-state index contributed by atoms with van der Waals surface area (Å²) in [7, 11) is 1.64. The van der Waals surface area contributed by atoms with E-state index in [1.165, 1.54) is 0 Å². The van der Waals surface area contributed by atoms with Gasteiger partial charge < -0.3 is 14.5 Å². The van der Waals surface area contributed by atoms with Gasteiger partial charge in [0, 0.05) is 38.7 Å². The first-order valence-corrected chi connectivity index (χ1v) is 8.78. The lowest BCUT2D eigenvalue weighted by molar-refractivity contribution is -0.150. The standard InChI is InChI=1S/C17H27FN2O3/c1-23-13-12-20-14(21)4-8-16(20)5-3-10-19(11-9-16)15(22)17(18)6-2-7-17/h2-13H2,1H3. The molecule has 0 N–H and O–H groups in total. The molecule has 1 aliphatic carbocycles. The van der Waals surface area contributed by atoms with Crippen LogP contribution in [0.25, 0.3) is 0 Å². The van der Waals surface area contributed by atoms with Crippen LogP contribution in [-0.4, -0.2) is 66.2 Å². The minimum Gasteiger partial charge on any atom is -0.383 e. The van der Waals surface area contributed by atoms with Gasteiger partial charge in [0.1, 0.15) is 0 Å². The normalized spacial score (nSPS) is 30.4. The first-order chi connectivity index (χ1) is 11.0. The fourth-order valence-electron chi connectivity index (χ4n) is 4.30. The van der Waals surface area contributed by atoms with Crippen LogP contribution < -0.4 is 0 Å². The third kappa shape index (κ3) is 2.97. The lowest BCUT2D eigenvalue weighted by atomic mass is 9.81. The molecule has 130 valence electrons. The van der Waals surface area contributed by atoms with Gasteiger partial charge in [-0.3, -0.25) is 9.59 Å². The Hall–Kier alpha value is -1.17. The lowest BCUT2D eigenvalue weighted by Crippen LogP contribution is -2.51. The van der Waals surface area contributed by atoms with Crippen LogP contribution >= 0.6 is 0 Å². The number of hydrogen-bond acceptors (Lipinski definition) is 3. The monoisotopic (exact) mass is 326 g/mol.